The minimum Gasteiger partial charge on any atom is -0.486 e. The summed E-state index contributed by atoms with van der Waals surface area (Å²) in [6.07, 6.45) is 0.260. The van der Waals surface area contributed by atoms with Gasteiger partial charge in [0.2, 0.25) is 0 Å². The van der Waals surface area contributed by atoms with Gasteiger partial charge in [0.15, 0.2) is 17.4 Å². The number of H-pyrrole nitrogens is 1. The van der Waals surface area contributed by atoms with Crippen molar-refractivity contribution in [3.63, 3.8) is 0 Å². The van der Waals surface area contributed by atoms with E-state index < -0.39 is 28.1 Å². The average Bonchev–Trinajstić information content (AvgIpc) is 3.79. The molecule has 0 spiro atoms. The average molecular weight is 714 g/mol. The number of benzene rings is 3. The van der Waals surface area contributed by atoms with Crippen LogP contribution in [0.5, 0.6) is 5.75 Å². The summed E-state index contributed by atoms with van der Waals surface area (Å²) in [6.45, 7) is 19.8. The molecular weight excluding hydrogens is 662 g/mol. The van der Waals surface area contributed by atoms with Gasteiger partial charge in [-0.15, -0.1) is 0 Å². The lowest BCUT2D eigenvalue weighted by Gasteiger charge is -2.24. The maximum Gasteiger partial charge on any atom is 0.165 e. The first-order valence-electron chi connectivity index (χ1n) is 17.9. The number of fused-ring (bicyclic) bond motifs is 2. The van der Waals surface area contributed by atoms with Gasteiger partial charge in [-0.3, -0.25) is 5.10 Å². The zero-order valence-electron chi connectivity index (χ0n) is 30.7. The van der Waals surface area contributed by atoms with Crippen LogP contribution in [-0.4, -0.2) is 49.1 Å². The van der Waals surface area contributed by atoms with Crippen LogP contribution in [0, 0.1) is 5.82 Å². The number of rotatable bonds is 16. The highest BCUT2D eigenvalue weighted by Crippen LogP contribution is 2.37. The summed E-state index contributed by atoms with van der Waals surface area (Å²) in [5.74, 6) is 0.678. The maximum atomic E-state index is 15.8. The number of hydrogen-bond acceptors (Lipinski definition) is 6. The molecule has 0 fully saturated rings. The Hall–Kier alpha value is -3.62. The molecule has 0 amide bonds. The van der Waals surface area contributed by atoms with E-state index in [1.807, 2.05) is 36.4 Å². The van der Waals surface area contributed by atoms with Gasteiger partial charge in [-0.05, 0) is 59.0 Å². The summed E-state index contributed by atoms with van der Waals surface area (Å²) in [4.78, 5) is 5.03. The van der Waals surface area contributed by atoms with E-state index in [1.165, 1.54) is 0 Å². The lowest BCUT2D eigenvalue weighted by atomic mass is 9.94. The van der Waals surface area contributed by atoms with Crippen LogP contribution in [0.4, 0.5) is 4.39 Å². The van der Waals surface area contributed by atoms with Crippen LogP contribution < -0.4 is 10.1 Å². The Kier molecular flexibility index (Phi) is 11.1. The molecule has 2 N–H and O–H groups in total. The number of halogens is 1. The molecule has 2 aromatic heterocycles. The Balaban J connectivity index is 1.32. The van der Waals surface area contributed by atoms with Gasteiger partial charge in [0.1, 0.15) is 25.1 Å². The Morgan fingerprint density at radius 3 is 2.42 bits per heavy atom. The highest BCUT2D eigenvalue weighted by molar-refractivity contribution is 6.76. The van der Waals surface area contributed by atoms with E-state index >= 15 is 4.39 Å². The SMILES string of the molecule is CCc1cc(OCc2ccccc2)c(F)cc1C(OCC[Si](C)(C)C)c1ccc2c(-c3nc4c(n3COCC[Si](C)(C)C)CNC4)n[nH]c2c1. The van der Waals surface area contributed by atoms with Crippen LogP contribution in [0.25, 0.3) is 22.4 Å². The molecule has 0 saturated carbocycles. The number of nitrogens with one attached hydrogen (secondary N) is 2. The van der Waals surface area contributed by atoms with E-state index in [0.29, 0.717) is 26.4 Å². The van der Waals surface area contributed by atoms with Crippen LogP contribution >= 0.6 is 0 Å². The van der Waals surface area contributed by atoms with Crippen LogP contribution in [0.15, 0.2) is 60.7 Å². The molecule has 5 aromatic rings. The van der Waals surface area contributed by atoms with Gasteiger partial charge in [-0.2, -0.15) is 5.10 Å². The Labute approximate surface area is 297 Å². The van der Waals surface area contributed by atoms with Crippen LogP contribution in [0.2, 0.25) is 51.4 Å². The van der Waals surface area contributed by atoms with Crippen LogP contribution in [-0.2, 0) is 42.3 Å². The monoisotopic (exact) mass is 713 g/mol. The summed E-state index contributed by atoms with van der Waals surface area (Å²) < 4.78 is 36.8. The molecule has 0 aliphatic carbocycles. The lowest BCUT2D eigenvalue weighted by Crippen LogP contribution is -2.23. The van der Waals surface area contributed by atoms with Gasteiger partial charge in [0, 0.05) is 47.8 Å². The minimum absolute atomic E-state index is 0.256. The molecule has 266 valence electrons. The van der Waals surface area contributed by atoms with Gasteiger partial charge in [0.05, 0.1) is 16.9 Å². The van der Waals surface area contributed by atoms with Crippen molar-refractivity contribution < 1.29 is 18.6 Å². The second kappa shape index (κ2) is 15.3. The molecular formula is C39H52FN5O3Si2. The van der Waals surface area contributed by atoms with E-state index in [2.05, 4.69) is 79.4 Å². The van der Waals surface area contributed by atoms with E-state index in [9.17, 15) is 0 Å². The van der Waals surface area contributed by atoms with Gasteiger partial charge < -0.3 is 24.1 Å². The fourth-order valence-electron chi connectivity index (χ4n) is 6.26. The molecule has 6 rings (SSSR count). The molecule has 1 aliphatic heterocycles. The zero-order chi connectivity index (χ0) is 35.5. The molecule has 0 radical (unpaired) electrons. The van der Waals surface area contributed by atoms with Gasteiger partial charge in [0.25, 0.3) is 0 Å². The van der Waals surface area contributed by atoms with E-state index in [1.54, 1.807) is 6.07 Å². The van der Waals surface area contributed by atoms with E-state index in [4.69, 9.17) is 24.3 Å². The first-order chi connectivity index (χ1) is 23.9. The topological polar surface area (TPSA) is 86.2 Å². The second-order valence-corrected chi connectivity index (χ2v) is 27.0. The third-order valence-corrected chi connectivity index (χ3v) is 12.7. The van der Waals surface area contributed by atoms with Crippen molar-refractivity contribution in [2.75, 3.05) is 13.2 Å². The number of hydrogen-bond donors (Lipinski definition) is 2. The standard InChI is InChI=1S/C39H52FN5O3Si2/c1-8-28-21-36(48-25-27-12-10-9-11-13-27)32(40)22-31(28)38(47-17-19-50(5,6)7)29-14-15-30-33(20-29)43-44-37(30)39-42-34-23-41-24-35(34)45(39)26-46-16-18-49(2,3)4/h9-15,20-22,38,41H,8,16-19,23-26H2,1-7H3,(H,43,44). The van der Waals surface area contributed by atoms with Gasteiger partial charge in [-0.1, -0.05) is 88.7 Å². The van der Waals surface area contributed by atoms with Crippen molar-refractivity contribution in [1.29, 1.82) is 0 Å². The second-order valence-electron chi connectivity index (χ2n) is 15.8. The number of nitrogens with zero attached hydrogens (tertiary/aromatic N) is 3. The molecule has 1 atom stereocenters. The summed E-state index contributed by atoms with van der Waals surface area (Å²) in [7, 11) is -2.58. The minimum atomic E-state index is -1.37. The summed E-state index contributed by atoms with van der Waals surface area (Å²) in [5.41, 5.74) is 7.63. The highest BCUT2D eigenvalue weighted by atomic mass is 28.3. The van der Waals surface area contributed by atoms with Crippen molar-refractivity contribution in [3.05, 3.63) is 100 Å². The predicted octanol–water partition coefficient (Wildman–Crippen LogP) is 9.07. The van der Waals surface area contributed by atoms with Crippen molar-refractivity contribution in [3.8, 4) is 17.3 Å². The quantitative estimate of drug-likeness (QED) is 0.0784. The summed E-state index contributed by atoms with van der Waals surface area (Å²) >= 11 is 0. The zero-order valence-corrected chi connectivity index (χ0v) is 32.7. The normalized spacial score (nSPS) is 14.0. The fraction of sp³-hybridized carbons (Fsp3) is 0.436. The molecule has 1 aliphatic rings. The van der Waals surface area contributed by atoms with Gasteiger partial charge in [-0.25, -0.2) is 9.37 Å². The third kappa shape index (κ3) is 8.63. The third-order valence-electron chi connectivity index (χ3n) is 9.29. The molecule has 3 aromatic carbocycles. The smallest absolute Gasteiger partial charge is 0.165 e. The van der Waals surface area contributed by atoms with Crippen molar-refractivity contribution >= 4 is 27.1 Å². The number of aromatic amines is 1. The molecule has 8 nitrogen and oxygen atoms in total. The molecule has 0 bridgehead atoms. The van der Waals surface area contributed by atoms with E-state index in [-0.39, 0.29) is 5.75 Å². The van der Waals surface area contributed by atoms with Crippen LogP contribution in [0.3, 0.4) is 0 Å². The Morgan fingerprint density at radius 1 is 0.920 bits per heavy atom. The number of ether oxygens (including phenoxy) is 3. The summed E-state index contributed by atoms with van der Waals surface area (Å²) in [6, 6.07) is 21.7. The Morgan fingerprint density at radius 2 is 1.68 bits per heavy atom. The molecule has 50 heavy (non-hydrogen) atoms. The van der Waals surface area contributed by atoms with Crippen molar-refractivity contribution in [2.24, 2.45) is 0 Å². The summed E-state index contributed by atoms with van der Waals surface area (Å²) in [5, 5.41) is 12.5. The molecule has 3 heterocycles. The van der Waals surface area contributed by atoms with E-state index in [0.717, 1.165) is 87.8 Å². The predicted molar refractivity (Wildman–Crippen MR) is 204 cm³/mol. The Bertz CT molecular complexity index is 1910. The first-order valence-corrected chi connectivity index (χ1v) is 25.3. The van der Waals surface area contributed by atoms with Gasteiger partial charge >= 0.3 is 0 Å². The molecule has 1 unspecified atom stereocenters. The fourth-order valence-corrected chi connectivity index (χ4v) is 7.74. The first kappa shape index (κ1) is 36.2. The van der Waals surface area contributed by atoms with Crippen LogP contribution in [0.1, 0.15) is 46.7 Å². The van der Waals surface area contributed by atoms with Crippen molar-refractivity contribution in [2.45, 2.75) is 97.2 Å². The number of aromatic nitrogens is 4. The largest absolute Gasteiger partial charge is 0.486 e. The maximum absolute atomic E-state index is 15.8. The van der Waals surface area contributed by atoms with Crippen molar-refractivity contribution in [1.82, 2.24) is 25.1 Å². The number of imidazole rings is 1. The molecule has 11 heteroatoms. The number of aryl methyl sites for hydroxylation is 1. The lowest BCUT2D eigenvalue weighted by molar-refractivity contribution is 0.0864. The highest BCUT2D eigenvalue weighted by Gasteiger charge is 2.27. The molecule has 0 saturated heterocycles.